The Labute approximate surface area is 168 Å². The molecule has 142 valence electrons. The third kappa shape index (κ3) is 5.09. The van der Waals surface area contributed by atoms with Crippen molar-refractivity contribution in [3.63, 3.8) is 0 Å². The highest BCUT2D eigenvalue weighted by Crippen LogP contribution is 2.40. The number of nitrogens with zero attached hydrogens (tertiary/aromatic N) is 1. The summed E-state index contributed by atoms with van der Waals surface area (Å²) in [4.78, 5) is 13.6. The zero-order valence-electron chi connectivity index (χ0n) is 22.8. The molecule has 1 aromatic rings. The van der Waals surface area contributed by atoms with Crippen molar-refractivity contribution in [1.29, 1.82) is 0 Å². The molecule has 0 unspecified atom stereocenters. The molecular weight excluding hydrogens is 326 g/mol. The van der Waals surface area contributed by atoms with Gasteiger partial charge < -0.3 is 9.84 Å². The van der Waals surface area contributed by atoms with Crippen LogP contribution >= 0.6 is 0 Å². The van der Waals surface area contributed by atoms with Crippen LogP contribution in [0.3, 0.4) is 0 Å². The Morgan fingerprint density at radius 2 is 1.96 bits per heavy atom. The Kier molecular flexibility index (Phi) is 4.69. The largest absolute Gasteiger partial charge is 0.450 e. The molecule has 0 saturated heterocycles. The molecule has 0 radical (unpaired) electrons. The highest BCUT2D eigenvalue weighted by molar-refractivity contribution is 5.81. The molecule has 0 aliphatic heterocycles. The number of rotatable bonds is 7. The first-order valence-electron chi connectivity index (χ1n) is 12.9. The SMILES string of the molecule is [2H]C([2H])([2H])CN(CC([2H])([2H])[2H])C([2H])([2H])C#CCOC(=O)[C@](O)(c1ccccc1)C1CCCCC1. The monoisotopic (exact) mass is 365 g/mol. The topological polar surface area (TPSA) is 49.8 Å². The fourth-order valence-corrected chi connectivity index (χ4v) is 3.23. The molecule has 1 fully saturated rings. The average molecular weight is 366 g/mol. The van der Waals surface area contributed by atoms with Crippen molar-refractivity contribution in [3.8, 4) is 11.8 Å². The zero-order chi connectivity index (χ0) is 25.6. The molecule has 0 aromatic heterocycles. The van der Waals surface area contributed by atoms with Crippen LogP contribution in [-0.2, 0) is 15.1 Å². The van der Waals surface area contributed by atoms with E-state index >= 15 is 0 Å². The smallest absolute Gasteiger partial charge is 0.344 e. The van der Waals surface area contributed by atoms with Crippen molar-refractivity contribution in [1.82, 2.24) is 4.90 Å². The number of hydrogen-bond acceptors (Lipinski definition) is 4. The van der Waals surface area contributed by atoms with Gasteiger partial charge in [0.05, 0.1) is 9.24 Å². The molecule has 1 atom stereocenters. The molecule has 1 aliphatic rings. The van der Waals surface area contributed by atoms with Gasteiger partial charge in [-0.15, -0.1) is 0 Å². The Balaban J connectivity index is 2.16. The predicted octanol–water partition coefficient (Wildman–Crippen LogP) is 3.34. The third-order valence-corrected chi connectivity index (χ3v) is 4.68. The van der Waals surface area contributed by atoms with Crippen LogP contribution < -0.4 is 0 Å². The van der Waals surface area contributed by atoms with Crippen LogP contribution in [-0.4, -0.2) is 42.2 Å². The molecule has 4 nitrogen and oxygen atoms in total. The van der Waals surface area contributed by atoms with E-state index in [2.05, 4.69) is 11.8 Å². The van der Waals surface area contributed by atoms with E-state index in [9.17, 15) is 9.90 Å². The number of ether oxygens (including phenoxy) is 1. The van der Waals surface area contributed by atoms with E-state index < -0.39 is 51.5 Å². The van der Waals surface area contributed by atoms with Crippen molar-refractivity contribution >= 4 is 5.97 Å². The molecule has 0 heterocycles. The minimum atomic E-state index is -2.60. The van der Waals surface area contributed by atoms with E-state index in [1.54, 1.807) is 30.3 Å². The molecule has 0 amide bonds. The summed E-state index contributed by atoms with van der Waals surface area (Å²) in [7, 11) is 0. The quantitative estimate of drug-likeness (QED) is 0.595. The van der Waals surface area contributed by atoms with Gasteiger partial charge in [-0.3, -0.25) is 4.90 Å². The second-order valence-electron chi connectivity index (χ2n) is 6.31. The first-order valence-corrected chi connectivity index (χ1v) is 8.85. The van der Waals surface area contributed by atoms with Crippen LogP contribution in [0, 0.1) is 17.8 Å². The maximum atomic E-state index is 13.0. The van der Waals surface area contributed by atoms with E-state index in [1.165, 1.54) is 0 Å². The van der Waals surface area contributed by atoms with E-state index in [0.717, 1.165) is 19.3 Å². The van der Waals surface area contributed by atoms with Crippen LogP contribution in [0.5, 0.6) is 0 Å². The molecule has 1 saturated carbocycles. The second-order valence-corrected chi connectivity index (χ2v) is 6.31. The zero-order valence-corrected chi connectivity index (χ0v) is 14.8. The van der Waals surface area contributed by atoms with Crippen molar-refractivity contribution < 1.29 is 25.6 Å². The number of carbonyl (C=O) groups excluding carboxylic acids is 1. The summed E-state index contributed by atoms with van der Waals surface area (Å²) in [6, 6.07) is 8.52. The summed E-state index contributed by atoms with van der Waals surface area (Å²) in [6.07, 6.45) is 4.12. The number of hydrogen-bond donors (Lipinski definition) is 1. The lowest BCUT2D eigenvalue weighted by molar-refractivity contribution is -0.174. The van der Waals surface area contributed by atoms with Gasteiger partial charge in [-0.1, -0.05) is 75.1 Å². The van der Waals surface area contributed by atoms with Gasteiger partial charge in [-0.25, -0.2) is 4.79 Å². The fourth-order valence-electron chi connectivity index (χ4n) is 3.23. The van der Waals surface area contributed by atoms with Crippen LogP contribution in [0.2, 0.25) is 0 Å². The lowest BCUT2D eigenvalue weighted by Gasteiger charge is -2.36. The molecule has 0 bridgehead atoms. The summed E-state index contributed by atoms with van der Waals surface area (Å²) in [6.45, 7) is -9.97. The Morgan fingerprint density at radius 3 is 2.62 bits per heavy atom. The molecule has 4 heteroatoms. The highest BCUT2D eigenvalue weighted by atomic mass is 16.5. The normalized spacial score (nSPS) is 23.3. The van der Waals surface area contributed by atoms with Gasteiger partial charge in [0, 0.05) is 14.1 Å². The van der Waals surface area contributed by atoms with E-state index in [0.29, 0.717) is 23.3 Å². The molecular formula is C22H31NO3. The van der Waals surface area contributed by atoms with Gasteiger partial charge in [0.25, 0.3) is 0 Å². The van der Waals surface area contributed by atoms with Crippen molar-refractivity contribution in [3.05, 3.63) is 35.9 Å². The summed E-state index contributed by atoms with van der Waals surface area (Å²) in [5, 5.41) is 11.4. The van der Waals surface area contributed by atoms with Gasteiger partial charge in [-0.2, -0.15) is 0 Å². The van der Waals surface area contributed by atoms with Gasteiger partial charge in [0.1, 0.15) is 0 Å². The summed E-state index contributed by atoms with van der Waals surface area (Å²) in [5.41, 5.74) is -1.45. The van der Waals surface area contributed by atoms with Crippen LogP contribution in [0.4, 0.5) is 0 Å². The Morgan fingerprint density at radius 1 is 1.27 bits per heavy atom. The van der Waals surface area contributed by atoms with Crippen molar-refractivity contribution in [2.45, 2.75) is 51.4 Å². The summed E-state index contributed by atoms with van der Waals surface area (Å²) in [5.74, 6) is 3.31. The summed E-state index contributed by atoms with van der Waals surface area (Å²) >= 11 is 0. The van der Waals surface area contributed by atoms with E-state index in [4.69, 9.17) is 15.7 Å². The molecule has 2 rings (SSSR count). The number of benzene rings is 1. The first kappa shape index (κ1) is 11.8. The first-order chi connectivity index (χ1) is 15.7. The average Bonchev–Trinajstić information content (AvgIpc) is 2.75. The minimum Gasteiger partial charge on any atom is -0.450 e. The van der Waals surface area contributed by atoms with E-state index in [1.807, 2.05) is 0 Å². The standard InChI is InChI=1S/C22H31NO3/c1-3-23(4-2)17-11-12-18-26-21(24)22(25,19-13-7-5-8-14-19)20-15-9-6-10-16-20/h5,7-8,13-14,20,25H,3-4,6,9-10,15-18H2,1-2H3/t22-/m0/s1/i1D3,2D3,17D2. The Hall–Kier alpha value is -1.83. The number of aliphatic hydroxyl groups is 1. The van der Waals surface area contributed by atoms with Crippen LogP contribution in [0.1, 0.15) is 62.3 Å². The van der Waals surface area contributed by atoms with E-state index in [-0.39, 0.29) is 5.92 Å². The lowest BCUT2D eigenvalue weighted by atomic mass is 9.73. The molecule has 1 aliphatic carbocycles. The van der Waals surface area contributed by atoms with Gasteiger partial charge >= 0.3 is 5.97 Å². The maximum Gasteiger partial charge on any atom is 0.344 e. The molecule has 26 heavy (non-hydrogen) atoms. The van der Waals surface area contributed by atoms with Gasteiger partial charge in [0.2, 0.25) is 0 Å². The third-order valence-electron chi connectivity index (χ3n) is 4.68. The van der Waals surface area contributed by atoms with Gasteiger partial charge in [-0.05, 0) is 31.5 Å². The Bertz CT molecular complexity index is 854. The van der Waals surface area contributed by atoms with Crippen LogP contribution in [0.15, 0.2) is 30.3 Å². The lowest BCUT2D eigenvalue weighted by Crippen LogP contribution is -2.45. The van der Waals surface area contributed by atoms with Crippen LogP contribution in [0.25, 0.3) is 0 Å². The van der Waals surface area contributed by atoms with Crippen molar-refractivity contribution in [2.75, 3.05) is 26.2 Å². The van der Waals surface area contributed by atoms with Crippen molar-refractivity contribution in [2.24, 2.45) is 5.92 Å². The molecule has 1 N–H and O–H groups in total. The van der Waals surface area contributed by atoms with Gasteiger partial charge in [0.15, 0.2) is 12.2 Å². The minimum absolute atomic E-state index is 0.329. The summed E-state index contributed by atoms with van der Waals surface area (Å²) < 4.78 is 65.6. The number of esters is 1. The fraction of sp³-hybridized carbons (Fsp3) is 0.591. The number of carbonyl (C=O) groups is 1. The predicted molar refractivity (Wildman–Crippen MR) is 103 cm³/mol. The second kappa shape index (κ2) is 10.4. The molecule has 0 spiro atoms. The molecule has 1 aromatic carbocycles. The highest BCUT2D eigenvalue weighted by Gasteiger charge is 2.46. The maximum absolute atomic E-state index is 13.0.